The number of aromatic hydroxyl groups is 1. The first kappa shape index (κ1) is 18.7. The molecule has 0 spiro atoms. The van der Waals surface area contributed by atoms with E-state index in [-0.39, 0.29) is 12.4 Å². The Morgan fingerprint density at radius 2 is 2.11 bits per heavy atom. The maximum atomic E-state index is 11.1. The van der Waals surface area contributed by atoms with Crippen molar-refractivity contribution in [3.05, 3.63) is 52.6 Å². The summed E-state index contributed by atoms with van der Waals surface area (Å²) in [5.41, 5.74) is 3.58. The van der Waals surface area contributed by atoms with E-state index in [2.05, 4.69) is 26.1 Å². The molecule has 0 fully saturated rings. The zero-order chi connectivity index (χ0) is 19.4. The number of rotatable bonds is 6. The highest BCUT2D eigenvalue weighted by Gasteiger charge is 2.19. The van der Waals surface area contributed by atoms with E-state index in [0.29, 0.717) is 34.2 Å². The summed E-state index contributed by atoms with van der Waals surface area (Å²) in [4.78, 5) is 11.1. The van der Waals surface area contributed by atoms with Crippen molar-refractivity contribution in [3.8, 4) is 34.3 Å². The van der Waals surface area contributed by atoms with Gasteiger partial charge in [0.05, 0.1) is 10.2 Å². The Kier molecular flexibility index (Phi) is 5.63. The van der Waals surface area contributed by atoms with Crippen molar-refractivity contribution < 1.29 is 19.4 Å². The summed E-state index contributed by atoms with van der Waals surface area (Å²) in [5, 5.41) is 17.5. The summed E-state index contributed by atoms with van der Waals surface area (Å²) < 4.78 is 12.0. The number of aromatic nitrogens is 2. The molecule has 3 aromatic rings. The second-order valence-corrected chi connectivity index (χ2v) is 6.45. The SMILES string of the molecule is Cc1[nH]nc(-c2ccc(OCC(=O)NN)cc2O)c1Oc1ccccc1Br. The fraction of sp³-hybridized carbons (Fsp3) is 0.111. The van der Waals surface area contributed by atoms with E-state index >= 15 is 0 Å². The van der Waals surface area contributed by atoms with Crippen molar-refractivity contribution in [2.75, 3.05) is 6.61 Å². The highest BCUT2D eigenvalue weighted by Crippen LogP contribution is 2.40. The molecule has 27 heavy (non-hydrogen) atoms. The number of phenols is 1. The standard InChI is InChI=1S/C18H17BrN4O4/c1-10-18(27-15-5-3-2-4-13(15)19)17(23-22-10)12-7-6-11(8-14(12)24)26-9-16(25)21-20/h2-8,24H,9,20H2,1H3,(H,21,25)(H,22,23). The molecule has 0 bridgehead atoms. The minimum absolute atomic E-state index is 0.0656. The zero-order valence-corrected chi connectivity index (χ0v) is 15.9. The number of carbonyl (C=O) groups is 1. The number of carbonyl (C=O) groups excluding carboxylic acids is 1. The summed E-state index contributed by atoms with van der Waals surface area (Å²) in [6.45, 7) is 1.57. The second-order valence-electron chi connectivity index (χ2n) is 5.59. The van der Waals surface area contributed by atoms with E-state index in [0.717, 1.165) is 4.47 Å². The Hall–Kier alpha value is -3.04. The number of aromatic amines is 1. The number of nitrogens with two attached hydrogens (primary N) is 1. The summed E-state index contributed by atoms with van der Waals surface area (Å²) in [6.07, 6.45) is 0. The lowest BCUT2D eigenvalue weighted by molar-refractivity contribution is -0.123. The number of hydrogen-bond acceptors (Lipinski definition) is 6. The quantitative estimate of drug-likeness (QED) is 0.269. The van der Waals surface area contributed by atoms with Crippen LogP contribution in [0.5, 0.6) is 23.0 Å². The van der Waals surface area contributed by atoms with Crippen LogP contribution in [0.15, 0.2) is 46.9 Å². The van der Waals surface area contributed by atoms with Gasteiger partial charge in [-0.1, -0.05) is 12.1 Å². The van der Waals surface area contributed by atoms with Crippen molar-refractivity contribution >= 4 is 21.8 Å². The molecule has 8 nitrogen and oxygen atoms in total. The predicted octanol–water partition coefficient (Wildman–Crippen LogP) is 3.01. The minimum atomic E-state index is -0.481. The Morgan fingerprint density at radius 1 is 1.33 bits per heavy atom. The van der Waals surface area contributed by atoms with Crippen molar-refractivity contribution in [2.24, 2.45) is 5.84 Å². The lowest BCUT2D eigenvalue weighted by atomic mass is 10.1. The van der Waals surface area contributed by atoms with Crippen LogP contribution in [0.2, 0.25) is 0 Å². The predicted molar refractivity (Wildman–Crippen MR) is 102 cm³/mol. The van der Waals surface area contributed by atoms with Gasteiger partial charge in [-0.05, 0) is 47.1 Å². The first-order valence-electron chi connectivity index (χ1n) is 7.92. The molecule has 0 atom stereocenters. The van der Waals surface area contributed by atoms with Gasteiger partial charge >= 0.3 is 0 Å². The largest absolute Gasteiger partial charge is 0.507 e. The lowest BCUT2D eigenvalue weighted by Gasteiger charge is -2.11. The van der Waals surface area contributed by atoms with Crippen LogP contribution in [0.4, 0.5) is 0 Å². The fourth-order valence-corrected chi connectivity index (χ4v) is 2.72. The van der Waals surface area contributed by atoms with Crippen LogP contribution in [0.25, 0.3) is 11.3 Å². The van der Waals surface area contributed by atoms with Gasteiger partial charge in [-0.3, -0.25) is 15.3 Å². The van der Waals surface area contributed by atoms with Crippen molar-refractivity contribution in [1.82, 2.24) is 15.6 Å². The van der Waals surface area contributed by atoms with Gasteiger partial charge in [-0.15, -0.1) is 0 Å². The van der Waals surface area contributed by atoms with Crippen LogP contribution in [0, 0.1) is 6.92 Å². The van der Waals surface area contributed by atoms with Gasteiger partial charge in [0, 0.05) is 11.6 Å². The van der Waals surface area contributed by atoms with Crippen LogP contribution < -0.4 is 20.7 Å². The van der Waals surface area contributed by atoms with E-state index in [4.69, 9.17) is 15.3 Å². The second kappa shape index (κ2) is 8.11. The molecule has 3 rings (SSSR count). The van der Waals surface area contributed by atoms with Crippen LogP contribution in [0.1, 0.15) is 5.69 Å². The van der Waals surface area contributed by atoms with Gasteiger partial charge in [-0.2, -0.15) is 5.10 Å². The van der Waals surface area contributed by atoms with Gasteiger partial charge in [0.2, 0.25) is 0 Å². The van der Waals surface area contributed by atoms with Crippen LogP contribution in [-0.4, -0.2) is 27.8 Å². The van der Waals surface area contributed by atoms with Crippen molar-refractivity contribution in [3.63, 3.8) is 0 Å². The van der Waals surface area contributed by atoms with E-state index in [9.17, 15) is 9.90 Å². The molecule has 140 valence electrons. The van der Waals surface area contributed by atoms with Gasteiger partial charge in [0.25, 0.3) is 5.91 Å². The molecule has 1 amide bonds. The third-order valence-electron chi connectivity index (χ3n) is 3.69. The summed E-state index contributed by atoms with van der Waals surface area (Å²) in [7, 11) is 0. The summed E-state index contributed by atoms with van der Waals surface area (Å²) in [5.74, 6) is 5.89. The Bertz CT molecular complexity index is 974. The van der Waals surface area contributed by atoms with E-state index in [1.807, 2.05) is 36.6 Å². The van der Waals surface area contributed by atoms with Crippen molar-refractivity contribution in [2.45, 2.75) is 6.92 Å². The third-order valence-corrected chi connectivity index (χ3v) is 4.35. The van der Waals surface area contributed by atoms with Crippen LogP contribution in [-0.2, 0) is 4.79 Å². The number of amides is 1. The number of nitrogens with zero attached hydrogens (tertiary/aromatic N) is 1. The molecule has 0 saturated heterocycles. The number of hydrazine groups is 1. The number of para-hydroxylation sites is 1. The molecule has 0 unspecified atom stereocenters. The van der Waals surface area contributed by atoms with Gasteiger partial charge in [0.15, 0.2) is 12.4 Å². The van der Waals surface area contributed by atoms with Gasteiger partial charge < -0.3 is 14.6 Å². The van der Waals surface area contributed by atoms with E-state index in [1.54, 1.807) is 12.1 Å². The average Bonchev–Trinajstić information content (AvgIpc) is 3.02. The number of benzene rings is 2. The molecule has 5 N–H and O–H groups in total. The van der Waals surface area contributed by atoms with Crippen LogP contribution >= 0.6 is 15.9 Å². The Morgan fingerprint density at radius 3 is 2.81 bits per heavy atom. The van der Waals surface area contributed by atoms with Crippen LogP contribution in [0.3, 0.4) is 0 Å². The minimum Gasteiger partial charge on any atom is -0.507 e. The lowest BCUT2D eigenvalue weighted by Crippen LogP contribution is -2.34. The first-order chi connectivity index (χ1) is 13.0. The molecule has 2 aromatic carbocycles. The van der Waals surface area contributed by atoms with E-state index in [1.165, 1.54) is 6.07 Å². The average molecular weight is 433 g/mol. The molecule has 0 radical (unpaired) electrons. The first-order valence-corrected chi connectivity index (χ1v) is 8.72. The Labute approximate surface area is 163 Å². The highest BCUT2D eigenvalue weighted by atomic mass is 79.9. The molecule has 9 heteroatoms. The molecule has 0 aliphatic carbocycles. The number of hydrogen-bond donors (Lipinski definition) is 4. The maximum Gasteiger partial charge on any atom is 0.271 e. The molecular weight excluding hydrogens is 416 g/mol. The molecular formula is C18H17BrN4O4. The monoisotopic (exact) mass is 432 g/mol. The number of halogens is 1. The topological polar surface area (TPSA) is 122 Å². The zero-order valence-electron chi connectivity index (χ0n) is 14.3. The third kappa shape index (κ3) is 4.21. The Balaban J connectivity index is 1.89. The normalized spacial score (nSPS) is 10.5. The number of H-pyrrole nitrogens is 1. The van der Waals surface area contributed by atoms with E-state index < -0.39 is 5.91 Å². The molecule has 1 heterocycles. The molecule has 0 saturated carbocycles. The summed E-state index contributed by atoms with van der Waals surface area (Å²) >= 11 is 3.44. The number of nitrogens with one attached hydrogen (secondary N) is 2. The van der Waals surface area contributed by atoms with Gasteiger partial charge in [-0.25, -0.2) is 5.84 Å². The summed E-state index contributed by atoms with van der Waals surface area (Å²) in [6, 6.07) is 12.1. The molecule has 0 aliphatic heterocycles. The number of phenolic OH excluding ortho intramolecular Hbond substituents is 1. The molecule has 1 aromatic heterocycles. The molecule has 0 aliphatic rings. The maximum absolute atomic E-state index is 11.1. The van der Waals surface area contributed by atoms with Crippen molar-refractivity contribution in [1.29, 1.82) is 0 Å². The number of aryl methyl sites for hydroxylation is 1. The highest BCUT2D eigenvalue weighted by molar-refractivity contribution is 9.10. The van der Waals surface area contributed by atoms with Gasteiger partial charge in [0.1, 0.15) is 22.9 Å². The smallest absolute Gasteiger partial charge is 0.271 e. The fourth-order valence-electron chi connectivity index (χ4n) is 2.36. The number of ether oxygens (including phenoxy) is 2.